The largest absolute Gasteiger partial charge is 0.355 e. The third-order valence-electron chi connectivity index (χ3n) is 1.92. The zero-order valence-electron chi connectivity index (χ0n) is 8.22. The number of hydrogen-bond donors (Lipinski definition) is 0. The average Bonchev–Trinajstić information content (AvgIpc) is 2.59. The first kappa shape index (κ1) is 11.9. The van der Waals surface area contributed by atoms with Gasteiger partial charge in [0.05, 0.1) is 13.7 Å². The minimum atomic E-state index is -0.196. The predicted octanol–water partition coefficient (Wildman–Crippen LogP) is 2.36. The Hall–Kier alpha value is 0.470. The molecule has 1 aromatic heterocycles. The van der Waals surface area contributed by atoms with Gasteiger partial charge in [-0.25, -0.2) is 0 Å². The molecule has 0 aliphatic carbocycles. The Labute approximate surface area is 104 Å². The molecular weight excluding hydrogens is 272 g/mol. The van der Waals surface area contributed by atoms with E-state index in [2.05, 4.69) is 0 Å². The van der Waals surface area contributed by atoms with Crippen molar-refractivity contribution in [2.45, 2.75) is 20.0 Å². The number of ether oxygens (including phenoxy) is 2. The average molecular weight is 282 g/mol. The second-order valence-electron chi connectivity index (χ2n) is 2.84. The Morgan fingerprint density at radius 3 is 2.60 bits per heavy atom. The van der Waals surface area contributed by atoms with Crippen LogP contribution in [0.15, 0.2) is 13.2 Å². The van der Waals surface area contributed by atoms with E-state index >= 15 is 0 Å². The monoisotopic (exact) mass is 282 g/mol. The number of methoxy groups -OCH3 is 2. The third-order valence-corrected chi connectivity index (χ3v) is 7.51. The van der Waals surface area contributed by atoms with Crippen LogP contribution >= 0.6 is 46.2 Å². The highest BCUT2D eigenvalue weighted by Crippen LogP contribution is 2.45. The summed E-state index contributed by atoms with van der Waals surface area (Å²) < 4.78 is 12.9. The van der Waals surface area contributed by atoms with Gasteiger partial charge in [0.25, 0.3) is 4.06 Å². The maximum Gasteiger partial charge on any atom is 0.289 e. The van der Waals surface area contributed by atoms with Gasteiger partial charge >= 0.3 is 0 Å². The van der Waals surface area contributed by atoms with Crippen molar-refractivity contribution in [3.05, 3.63) is 8.85 Å². The van der Waals surface area contributed by atoms with Gasteiger partial charge in [0, 0.05) is 20.0 Å². The van der Waals surface area contributed by atoms with Gasteiger partial charge in [-0.1, -0.05) is 22.7 Å². The molecule has 1 atom stereocenters. The summed E-state index contributed by atoms with van der Waals surface area (Å²) in [6, 6.07) is 0. The summed E-state index contributed by atoms with van der Waals surface area (Å²) in [6.07, 6.45) is -0.196. The van der Waals surface area contributed by atoms with E-state index in [4.69, 9.17) is 9.47 Å². The molecule has 1 aliphatic heterocycles. The predicted molar refractivity (Wildman–Crippen MR) is 66.6 cm³/mol. The Morgan fingerprint density at radius 2 is 1.93 bits per heavy atom. The summed E-state index contributed by atoms with van der Waals surface area (Å²) >= 11 is 6.09. The van der Waals surface area contributed by atoms with E-state index in [1.165, 1.54) is 22.7 Å². The molecule has 0 radical (unpaired) electrons. The van der Waals surface area contributed by atoms with Crippen LogP contribution in [0.3, 0.4) is 0 Å². The zero-order valence-corrected chi connectivity index (χ0v) is 11.5. The SMILES string of the molecule is COC(OC)C1CSc2sc(=O)sc2S1. The number of rotatable bonds is 3. The molecule has 0 fully saturated rings. The van der Waals surface area contributed by atoms with Crippen molar-refractivity contribution < 1.29 is 9.47 Å². The fourth-order valence-corrected chi connectivity index (χ4v) is 7.10. The van der Waals surface area contributed by atoms with Crippen LogP contribution in [0, 0.1) is 0 Å². The minimum Gasteiger partial charge on any atom is -0.355 e. The Bertz CT molecular complexity index is 381. The van der Waals surface area contributed by atoms with Crippen molar-refractivity contribution in [3.63, 3.8) is 0 Å². The summed E-state index contributed by atoms with van der Waals surface area (Å²) in [6.45, 7) is 0. The van der Waals surface area contributed by atoms with E-state index in [1.54, 1.807) is 37.7 Å². The van der Waals surface area contributed by atoms with Crippen molar-refractivity contribution in [1.82, 2.24) is 0 Å². The van der Waals surface area contributed by atoms with Crippen molar-refractivity contribution in [2.24, 2.45) is 0 Å². The van der Waals surface area contributed by atoms with Crippen molar-refractivity contribution >= 4 is 46.2 Å². The van der Waals surface area contributed by atoms with Gasteiger partial charge in [-0.15, -0.1) is 23.5 Å². The van der Waals surface area contributed by atoms with Crippen LogP contribution in [0.5, 0.6) is 0 Å². The minimum absolute atomic E-state index is 0.173. The van der Waals surface area contributed by atoms with Gasteiger partial charge in [0.2, 0.25) is 0 Å². The normalized spacial score (nSPS) is 20.6. The van der Waals surface area contributed by atoms with Crippen LogP contribution in [0.25, 0.3) is 0 Å². The Balaban J connectivity index is 2.14. The van der Waals surface area contributed by atoms with Gasteiger partial charge in [-0.3, -0.25) is 4.79 Å². The van der Waals surface area contributed by atoms with Gasteiger partial charge in [0.15, 0.2) is 6.29 Å². The van der Waals surface area contributed by atoms with Crippen molar-refractivity contribution in [2.75, 3.05) is 20.0 Å². The first-order chi connectivity index (χ1) is 7.24. The van der Waals surface area contributed by atoms with E-state index in [9.17, 15) is 4.79 Å². The molecule has 7 heteroatoms. The highest BCUT2D eigenvalue weighted by Gasteiger charge is 2.29. The first-order valence-corrected chi connectivity index (χ1v) is 7.73. The van der Waals surface area contributed by atoms with E-state index in [0.717, 1.165) is 14.2 Å². The Kier molecular flexibility index (Phi) is 4.14. The maximum atomic E-state index is 11.2. The molecule has 1 unspecified atom stereocenters. The van der Waals surface area contributed by atoms with Crippen LogP contribution in [0.4, 0.5) is 0 Å². The highest BCUT2D eigenvalue weighted by atomic mass is 32.2. The summed E-state index contributed by atoms with van der Waals surface area (Å²) in [5.74, 6) is 0.927. The second-order valence-corrected chi connectivity index (χ2v) is 7.86. The molecule has 0 saturated carbocycles. The van der Waals surface area contributed by atoms with Gasteiger partial charge in [-0.2, -0.15) is 0 Å². The molecule has 2 rings (SSSR count). The van der Waals surface area contributed by atoms with E-state index < -0.39 is 0 Å². The first-order valence-electron chi connectivity index (χ1n) is 4.23. The molecule has 0 N–H and O–H groups in total. The zero-order chi connectivity index (χ0) is 10.8. The van der Waals surface area contributed by atoms with Gasteiger partial charge in [0.1, 0.15) is 0 Å². The summed E-state index contributed by atoms with van der Waals surface area (Å²) in [5, 5.41) is 0.266. The molecule has 1 aliphatic rings. The lowest BCUT2D eigenvalue weighted by molar-refractivity contribution is -0.0982. The molecule has 15 heavy (non-hydrogen) atoms. The molecule has 0 amide bonds. The van der Waals surface area contributed by atoms with Crippen LogP contribution in [-0.4, -0.2) is 31.5 Å². The number of thioether (sulfide) groups is 2. The summed E-state index contributed by atoms with van der Waals surface area (Å²) in [4.78, 5) is 11.2. The molecular formula is C8H10O3S4. The number of fused-ring (bicyclic) bond motifs is 1. The Morgan fingerprint density at radius 1 is 1.27 bits per heavy atom. The van der Waals surface area contributed by atoms with Crippen LogP contribution in [-0.2, 0) is 9.47 Å². The topological polar surface area (TPSA) is 35.5 Å². The molecule has 2 heterocycles. The molecule has 84 valence electrons. The summed E-state index contributed by atoms with van der Waals surface area (Å²) in [7, 11) is 3.29. The van der Waals surface area contributed by atoms with Crippen molar-refractivity contribution in [1.29, 1.82) is 0 Å². The lowest BCUT2D eigenvalue weighted by Crippen LogP contribution is -2.30. The molecule has 0 bridgehead atoms. The fourth-order valence-electron chi connectivity index (χ4n) is 1.28. The fraction of sp³-hybridized carbons (Fsp3) is 0.625. The van der Waals surface area contributed by atoms with Crippen LogP contribution in [0.2, 0.25) is 0 Å². The standard InChI is InChI=1S/C8H10O3S4/c1-10-5(11-2)4-3-12-6-7(13-4)15-8(9)14-6/h4-5H,3H2,1-2H3. The molecule has 0 aromatic carbocycles. The van der Waals surface area contributed by atoms with Gasteiger partial charge in [-0.05, 0) is 0 Å². The van der Waals surface area contributed by atoms with E-state index in [-0.39, 0.29) is 15.6 Å². The van der Waals surface area contributed by atoms with Crippen LogP contribution < -0.4 is 4.06 Å². The smallest absolute Gasteiger partial charge is 0.289 e. The number of hydrogen-bond acceptors (Lipinski definition) is 7. The molecule has 3 nitrogen and oxygen atoms in total. The lowest BCUT2D eigenvalue weighted by Gasteiger charge is -2.26. The maximum absolute atomic E-state index is 11.2. The van der Waals surface area contributed by atoms with E-state index in [0.29, 0.717) is 0 Å². The van der Waals surface area contributed by atoms with Gasteiger partial charge < -0.3 is 9.47 Å². The quantitative estimate of drug-likeness (QED) is 0.795. The lowest BCUT2D eigenvalue weighted by atomic mass is 10.4. The molecule has 1 aromatic rings. The third kappa shape index (κ3) is 2.59. The highest BCUT2D eigenvalue weighted by molar-refractivity contribution is 8.08. The molecule has 0 spiro atoms. The second kappa shape index (κ2) is 5.20. The van der Waals surface area contributed by atoms with E-state index in [1.807, 2.05) is 0 Å². The summed E-state index contributed by atoms with van der Waals surface area (Å²) in [5.41, 5.74) is 0. The molecule has 0 saturated heterocycles. The van der Waals surface area contributed by atoms with Crippen LogP contribution in [0.1, 0.15) is 0 Å². The van der Waals surface area contributed by atoms with Crippen molar-refractivity contribution in [3.8, 4) is 0 Å².